The molecule has 1 aromatic rings. The quantitative estimate of drug-likeness (QED) is 0.893. The number of anilines is 1. The molecule has 1 aliphatic heterocycles. The summed E-state index contributed by atoms with van der Waals surface area (Å²) in [7, 11) is 0. The van der Waals surface area contributed by atoms with Crippen LogP contribution in [0.4, 0.5) is 5.82 Å². The van der Waals surface area contributed by atoms with Crippen molar-refractivity contribution in [3.05, 3.63) is 18.1 Å². The first-order valence-electron chi connectivity index (χ1n) is 7.26. The maximum Gasteiger partial charge on any atom is 0.147 e. The van der Waals surface area contributed by atoms with Gasteiger partial charge in [0.1, 0.15) is 5.82 Å². The second-order valence-electron chi connectivity index (χ2n) is 5.37. The zero-order chi connectivity index (χ0) is 13.1. The van der Waals surface area contributed by atoms with E-state index in [1.807, 2.05) is 12.4 Å². The molecule has 4 nitrogen and oxygen atoms in total. The molecule has 19 heavy (non-hydrogen) atoms. The predicted octanol–water partition coefficient (Wildman–Crippen LogP) is 2.06. The highest BCUT2D eigenvalue weighted by Gasteiger charge is 2.21. The maximum atomic E-state index is 4.58. The molecule has 1 saturated heterocycles. The fourth-order valence-electron chi connectivity index (χ4n) is 2.31. The van der Waals surface area contributed by atoms with Crippen LogP contribution in [-0.4, -0.2) is 40.1 Å². The lowest BCUT2D eigenvalue weighted by atomic mass is 10.3. The Balaban J connectivity index is 1.57. The van der Waals surface area contributed by atoms with Gasteiger partial charge in [0.05, 0.1) is 18.1 Å². The van der Waals surface area contributed by atoms with E-state index in [1.165, 1.54) is 25.0 Å². The van der Waals surface area contributed by atoms with Crippen LogP contribution < -0.4 is 10.2 Å². The van der Waals surface area contributed by atoms with E-state index < -0.39 is 0 Å². The summed E-state index contributed by atoms with van der Waals surface area (Å²) in [5.41, 5.74) is 1.05. The van der Waals surface area contributed by atoms with Gasteiger partial charge in [-0.1, -0.05) is 6.92 Å². The van der Waals surface area contributed by atoms with Crippen LogP contribution >= 0.6 is 11.8 Å². The van der Waals surface area contributed by atoms with Gasteiger partial charge in [0.25, 0.3) is 0 Å². The molecule has 3 rings (SSSR count). The summed E-state index contributed by atoms with van der Waals surface area (Å²) in [5, 5.41) is 4.21. The van der Waals surface area contributed by atoms with E-state index in [1.54, 1.807) is 0 Å². The van der Waals surface area contributed by atoms with Crippen molar-refractivity contribution in [2.75, 3.05) is 23.7 Å². The van der Waals surface area contributed by atoms with Crippen molar-refractivity contribution in [2.45, 2.75) is 44.0 Å². The first-order chi connectivity index (χ1) is 9.35. The van der Waals surface area contributed by atoms with Crippen LogP contribution in [0.5, 0.6) is 0 Å². The normalized spacial score (nSPS) is 23.6. The largest absolute Gasteiger partial charge is 0.353 e. The average molecular weight is 278 g/mol. The van der Waals surface area contributed by atoms with Crippen LogP contribution in [-0.2, 0) is 6.54 Å². The predicted molar refractivity (Wildman–Crippen MR) is 80.6 cm³/mol. The third kappa shape index (κ3) is 3.60. The minimum Gasteiger partial charge on any atom is -0.353 e. The van der Waals surface area contributed by atoms with Crippen LogP contribution in [0, 0.1) is 0 Å². The lowest BCUT2D eigenvalue weighted by Crippen LogP contribution is -2.38. The molecule has 5 heteroatoms. The summed E-state index contributed by atoms with van der Waals surface area (Å²) < 4.78 is 0. The summed E-state index contributed by atoms with van der Waals surface area (Å²) in [6, 6.07) is 0.728. The Hall–Kier alpha value is -0.810. The van der Waals surface area contributed by atoms with Crippen LogP contribution in [0.2, 0.25) is 0 Å². The Morgan fingerprint density at radius 1 is 1.37 bits per heavy atom. The number of aromatic nitrogens is 2. The molecule has 2 aliphatic rings. The minimum atomic E-state index is 0.728. The summed E-state index contributed by atoms with van der Waals surface area (Å²) >= 11 is 2.08. The molecule has 0 spiro atoms. The molecule has 0 bridgehead atoms. The van der Waals surface area contributed by atoms with Gasteiger partial charge in [-0.05, 0) is 19.3 Å². The Morgan fingerprint density at radius 2 is 2.26 bits per heavy atom. The molecule has 104 valence electrons. The SMILES string of the molecule is CCC1CN(c2cnc(CNC3CC3)cn2)CCS1. The minimum absolute atomic E-state index is 0.728. The Bertz CT molecular complexity index is 404. The third-order valence-electron chi connectivity index (χ3n) is 3.76. The molecular weight excluding hydrogens is 256 g/mol. The number of nitrogens with zero attached hydrogens (tertiary/aromatic N) is 3. The van der Waals surface area contributed by atoms with E-state index in [2.05, 4.69) is 38.9 Å². The molecule has 2 fully saturated rings. The summed E-state index contributed by atoms with van der Waals surface area (Å²) in [6.07, 6.45) is 7.72. The summed E-state index contributed by atoms with van der Waals surface area (Å²) in [5.74, 6) is 2.24. The lowest BCUT2D eigenvalue weighted by molar-refractivity contribution is 0.668. The number of hydrogen-bond acceptors (Lipinski definition) is 5. The molecule has 1 N–H and O–H groups in total. The van der Waals surface area contributed by atoms with Gasteiger partial charge in [0.15, 0.2) is 0 Å². The first kappa shape index (κ1) is 13.2. The Labute approximate surface area is 119 Å². The highest BCUT2D eigenvalue weighted by Crippen LogP contribution is 2.24. The molecular formula is C14H22N4S. The van der Waals surface area contributed by atoms with Crippen molar-refractivity contribution in [3.63, 3.8) is 0 Å². The molecule has 0 radical (unpaired) electrons. The molecule has 1 aliphatic carbocycles. The zero-order valence-corrected chi connectivity index (χ0v) is 12.3. The van der Waals surface area contributed by atoms with Crippen molar-refractivity contribution in [2.24, 2.45) is 0 Å². The zero-order valence-electron chi connectivity index (χ0n) is 11.5. The van der Waals surface area contributed by atoms with E-state index in [9.17, 15) is 0 Å². The van der Waals surface area contributed by atoms with E-state index >= 15 is 0 Å². The van der Waals surface area contributed by atoms with Gasteiger partial charge in [-0.15, -0.1) is 0 Å². The number of hydrogen-bond donors (Lipinski definition) is 1. The van der Waals surface area contributed by atoms with Crippen LogP contribution in [0.3, 0.4) is 0 Å². The van der Waals surface area contributed by atoms with Crippen molar-refractivity contribution >= 4 is 17.6 Å². The standard InChI is InChI=1S/C14H22N4S/c1-2-13-10-18(5-6-19-13)14-9-16-12(8-17-14)7-15-11-3-4-11/h8-9,11,13,15H,2-7,10H2,1H3. The van der Waals surface area contributed by atoms with Gasteiger partial charge >= 0.3 is 0 Å². The highest BCUT2D eigenvalue weighted by molar-refractivity contribution is 8.00. The molecule has 1 atom stereocenters. The lowest BCUT2D eigenvalue weighted by Gasteiger charge is -2.32. The topological polar surface area (TPSA) is 41.1 Å². The van der Waals surface area contributed by atoms with Gasteiger partial charge in [-0.3, -0.25) is 4.98 Å². The average Bonchev–Trinajstić information content (AvgIpc) is 3.30. The first-order valence-corrected chi connectivity index (χ1v) is 8.31. The van der Waals surface area contributed by atoms with Crippen LogP contribution in [0.1, 0.15) is 31.9 Å². The molecule has 1 saturated carbocycles. The maximum absolute atomic E-state index is 4.58. The van der Waals surface area contributed by atoms with E-state index in [0.717, 1.165) is 42.4 Å². The second kappa shape index (κ2) is 6.09. The van der Waals surface area contributed by atoms with Gasteiger partial charge in [-0.2, -0.15) is 11.8 Å². The molecule has 1 aromatic heterocycles. The number of thioether (sulfide) groups is 1. The Kier molecular flexibility index (Phi) is 4.23. The molecule has 0 amide bonds. The van der Waals surface area contributed by atoms with Crippen molar-refractivity contribution < 1.29 is 0 Å². The van der Waals surface area contributed by atoms with E-state index in [0.29, 0.717) is 0 Å². The van der Waals surface area contributed by atoms with Crippen molar-refractivity contribution in [1.82, 2.24) is 15.3 Å². The smallest absolute Gasteiger partial charge is 0.147 e. The van der Waals surface area contributed by atoms with Crippen molar-refractivity contribution in [3.8, 4) is 0 Å². The van der Waals surface area contributed by atoms with Gasteiger partial charge in [-0.25, -0.2) is 4.98 Å². The molecule has 2 heterocycles. The van der Waals surface area contributed by atoms with Crippen LogP contribution in [0.15, 0.2) is 12.4 Å². The van der Waals surface area contributed by atoms with Crippen LogP contribution in [0.25, 0.3) is 0 Å². The molecule has 1 unspecified atom stereocenters. The second-order valence-corrected chi connectivity index (χ2v) is 6.78. The van der Waals surface area contributed by atoms with E-state index in [4.69, 9.17) is 0 Å². The van der Waals surface area contributed by atoms with Gasteiger partial charge < -0.3 is 10.2 Å². The number of rotatable bonds is 5. The summed E-state index contributed by atoms with van der Waals surface area (Å²) in [4.78, 5) is 11.5. The van der Waals surface area contributed by atoms with Gasteiger partial charge in [0, 0.05) is 36.7 Å². The third-order valence-corrected chi connectivity index (χ3v) is 5.13. The van der Waals surface area contributed by atoms with E-state index in [-0.39, 0.29) is 0 Å². The fraction of sp³-hybridized carbons (Fsp3) is 0.714. The van der Waals surface area contributed by atoms with Gasteiger partial charge in [0.2, 0.25) is 0 Å². The Morgan fingerprint density at radius 3 is 2.95 bits per heavy atom. The van der Waals surface area contributed by atoms with Crippen molar-refractivity contribution in [1.29, 1.82) is 0 Å². The summed E-state index contributed by atoms with van der Waals surface area (Å²) in [6.45, 7) is 5.32. The molecule has 0 aromatic carbocycles. The fourth-order valence-corrected chi connectivity index (χ4v) is 3.49. The number of nitrogens with one attached hydrogen (secondary N) is 1. The monoisotopic (exact) mass is 278 g/mol. The highest BCUT2D eigenvalue weighted by atomic mass is 32.2.